The average Bonchev–Trinajstić information content (AvgIpc) is 2.28. The first-order valence-electron chi connectivity index (χ1n) is 4.47. The zero-order valence-electron chi connectivity index (χ0n) is 8.76. The maximum Gasteiger partial charge on any atom is 0.317 e. The number of benzene rings is 1. The summed E-state index contributed by atoms with van der Waals surface area (Å²) in [4.78, 5) is 7.23. The highest BCUT2D eigenvalue weighted by Gasteiger charge is 2.12. The van der Waals surface area contributed by atoms with Crippen molar-refractivity contribution in [2.45, 2.75) is 0 Å². The van der Waals surface area contributed by atoms with Crippen LogP contribution >= 0.6 is 0 Å². The van der Waals surface area contributed by atoms with Gasteiger partial charge in [0.25, 0.3) is 0 Å². The van der Waals surface area contributed by atoms with Crippen LogP contribution in [0.1, 0.15) is 0 Å². The van der Waals surface area contributed by atoms with E-state index in [1.54, 1.807) is 12.1 Å². The van der Waals surface area contributed by atoms with Gasteiger partial charge in [-0.15, -0.1) is 0 Å². The van der Waals surface area contributed by atoms with Gasteiger partial charge in [0.15, 0.2) is 0 Å². The number of methoxy groups -OCH3 is 2. The number of aromatic nitrogens is 2. The summed E-state index contributed by atoms with van der Waals surface area (Å²) < 4.78 is 10.1. The molecule has 2 N–H and O–H groups in total. The lowest BCUT2D eigenvalue weighted by molar-refractivity contribution is 0.389. The standard InChI is InChI=1S/C10H10N2O4/c1-15-5-3-6-8(7(4-5)16-2)11-10(14)12-9(6)13/h3-4H,1-2H3,(H2,11,12,13,14). The van der Waals surface area contributed by atoms with E-state index in [1.165, 1.54) is 14.2 Å². The van der Waals surface area contributed by atoms with Gasteiger partial charge in [0.05, 0.1) is 19.6 Å². The Morgan fingerprint density at radius 1 is 1.06 bits per heavy atom. The van der Waals surface area contributed by atoms with Gasteiger partial charge in [-0.2, -0.15) is 9.97 Å². The van der Waals surface area contributed by atoms with Crippen molar-refractivity contribution in [3.05, 3.63) is 12.1 Å². The highest BCUT2D eigenvalue weighted by Crippen LogP contribution is 2.34. The third-order valence-corrected chi connectivity index (χ3v) is 2.16. The predicted octanol–water partition coefficient (Wildman–Crippen LogP) is 1.06. The van der Waals surface area contributed by atoms with Crippen LogP contribution in [0.4, 0.5) is 0 Å². The summed E-state index contributed by atoms with van der Waals surface area (Å²) in [5, 5.41) is 19.1. The molecule has 0 amide bonds. The molecule has 1 aromatic carbocycles. The van der Waals surface area contributed by atoms with E-state index in [4.69, 9.17) is 9.47 Å². The van der Waals surface area contributed by atoms with Crippen LogP contribution in [0.25, 0.3) is 10.9 Å². The second-order valence-corrected chi connectivity index (χ2v) is 3.07. The zero-order chi connectivity index (χ0) is 11.7. The van der Waals surface area contributed by atoms with Gasteiger partial charge in [0, 0.05) is 6.07 Å². The minimum absolute atomic E-state index is 0.320. The van der Waals surface area contributed by atoms with Crippen LogP contribution in [0, 0.1) is 0 Å². The van der Waals surface area contributed by atoms with E-state index >= 15 is 0 Å². The van der Waals surface area contributed by atoms with Gasteiger partial charge >= 0.3 is 6.01 Å². The third-order valence-electron chi connectivity index (χ3n) is 2.16. The minimum atomic E-state index is -0.506. The monoisotopic (exact) mass is 222 g/mol. The Kier molecular flexibility index (Phi) is 2.40. The van der Waals surface area contributed by atoms with Crippen LogP contribution < -0.4 is 9.47 Å². The summed E-state index contributed by atoms with van der Waals surface area (Å²) >= 11 is 0. The molecule has 0 radical (unpaired) electrons. The Bertz CT molecular complexity index is 542. The number of hydrogen-bond donors (Lipinski definition) is 2. The summed E-state index contributed by atoms with van der Waals surface area (Å²) in [6.07, 6.45) is 0. The van der Waals surface area contributed by atoms with Crippen molar-refractivity contribution in [3.63, 3.8) is 0 Å². The van der Waals surface area contributed by atoms with Crippen molar-refractivity contribution in [1.82, 2.24) is 9.97 Å². The summed E-state index contributed by atoms with van der Waals surface area (Å²) in [5.41, 5.74) is 0.327. The molecule has 16 heavy (non-hydrogen) atoms. The second-order valence-electron chi connectivity index (χ2n) is 3.07. The molecule has 0 atom stereocenters. The third kappa shape index (κ3) is 1.54. The Morgan fingerprint density at radius 3 is 2.44 bits per heavy atom. The number of aromatic hydroxyl groups is 2. The molecule has 0 saturated heterocycles. The lowest BCUT2D eigenvalue weighted by Crippen LogP contribution is -1.92. The van der Waals surface area contributed by atoms with Crippen LogP contribution in [0.3, 0.4) is 0 Å². The van der Waals surface area contributed by atoms with E-state index in [9.17, 15) is 10.2 Å². The molecule has 1 heterocycles. The van der Waals surface area contributed by atoms with E-state index < -0.39 is 6.01 Å². The topological polar surface area (TPSA) is 84.7 Å². The van der Waals surface area contributed by atoms with Crippen LogP contribution in [0.5, 0.6) is 23.4 Å². The van der Waals surface area contributed by atoms with Gasteiger partial charge in [0.2, 0.25) is 5.88 Å². The molecule has 2 aromatic rings. The van der Waals surface area contributed by atoms with Gasteiger partial charge in [-0.1, -0.05) is 0 Å². The largest absolute Gasteiger partial charge is 0.497 e. The summed E-state index contributed by atoms with van der Waals surface area (Å²) in [5.74, 6) is 0.580. The van der Waals surface area contributed by atoms with Gasteiger partial charge in [-0.25, -0.2) is 0 Å². The smallest absolute Gasteiger partial charge is 0.317 e. The molecular weight excluding hydrogens is 212 g/mol. The Balaban J connectivity index is 2.83. The predicted molar refractivity (Wildman–Crippen MR) is 56.0 cm³/mol. The molecule has 2 rings (SSSR count). The van der Waals surface area contributed by atoms with Crippen molar-refractivity contribution >= 4 is 10.9 Å². The molecule has 0 unspecified atom stereocenters. The highest BCUT2D eigenvalue weighted by molar-refractivity contribution is 5.90. The fourth-order valence-corrected chi connectivity index (χ4v) is 1.42. The maximum absolute atomic E-state index is 9.57. The Labute approximate surface area is 91.1 Å². The van der Waals surface area contributed by atoms with Gasteiger partial charge in [-0.3, -0.25) is 0 Å². The van der Waals surface area contributed by atoms with E-state index in [2.05, 4.69) is 9.97 Å². The van der Waals surface area contributed by atoms with Crippen molar-refractivity contribution in [2.75, 3.05) is 14.2 Å². The first kappa shape index (κ1) is 10.3. The number of fused-ring (bicyclic) bond motifs is 1. The van der Waals surface area contributed by atoms with Crippen molar-refractivity contribution in [3.8, 4) is 23.4 Å². The fourth-order valence-electron chi connectivity index (χ4n) is 1.42. The maximum atomic E-state index is 9.57. The normalized spacial score (nSPS) is 10.4. The number of rotatable bonds is 2. The lowest BCUT2D eigenvalue weighted by Gasteiger charge is -2.08. The first-order chi connectivity index (χ1) is 7.65. The molecule has 0 fully saturated rings. The molecule has 6 heteroatoms. The lowest BCUT2D eigenvalue weighted by atomic mass is 10.2. The molecule has 0 aliphatic rings. The number of nitrogens with zero attached hydrogens (tertiary/aromatic N) is 2. The molecule has 0 bridgehead atoms. The summed E-state index contributed by atoms with van der Waals surface area (Å²) in [6.45, 7) is 0. The fraction of sp³-hybridized carbons (Fsp3) is 0.200. The zero-order valence-corrected chi connectivity index (χ0v) is 8.76. The molecule has 1 aromatic heterocycles. The van der Waals surface area contributed by atoms with Gasteiger partial charge in [-0.05, 0) is 6.07 Å². The Morgan fingerprint density at radius 2 is 1.81 bits per heavy atom. The van der Waals surface area contributed by atoms with Crippen LogP contribution in [0.15, 0.2) is 12.1 Å². The quantitative estimate of drug-likeness (QED) is 0.790. The van der Waals surface area contributed by atoms with Crippen molar-refractivity contribution < 1.29 is 19.7 Å². The van der Waals surface area contributed by atoms with E-state index in [0.717, 1.165) is 0 Å². The molecule has 6 nitrogen and oxygen atoms in total. The number of hydrogen-bond acceptors (Lipinski definition) is 6. The molecule has 0 aliphatic heterocycles. The van der Waals surface area contributed by atoms with Crippen LogP contribution in [-0.2, 0) is 0 Å². The van der Waals surface area contributed by atoms with E-state index in [-0.39, 0.29) is 5.88 Å². The van der Waals surface area contributed by atoms with Crippen molar-refractivity contribution in [1.29, 1.82) is 0 Å². The minimum Gasteiger partial charge on any atom is -0.497 e. The van der Waals surface area contributed by atoms with Crippen LogP contribution in [0.2, 0.25) is 0 Å². The van der Waals surface area contributed by atoms with Crippen molar-refractivity contribution in [2.24, 2.45) is 0 Å². The Hall–Kier alpha value is -2.24. The van der Waals surface area contributed by atoms with E-state index in [1.807, 2.05) is 0 Å². The van der Waals surface area contributed by atoms with Crippen LogP contribution in [-0.4, -0.2) is 34.4 Å². The second kappa shape index (κ2) is 3.73. The highest BCUT2D eigenvalue weighted by atomic mass is 16.5. The molecular formula is C10H10N2O4. The molecule has 0 saturated carbocycles. The number of ether oxygens (including phenoxy) is 2. The molecule has 0 spiro atoms. The first-order valence-corrected chi connectivity index (χ1v) is 4.47. The van der Waals surface area contributed by atoms with Gasteiger partial charge in [0.1, 0.15) is 17.0 Å². The molecule has 84 valence electrons. The summed E-state index contributed by atoms with van der Waals surface area (Å²) in [7, 11) is 2.96. The summed E-state index contributed by atoms with van der Waals surface area (Å²) in [6, 6.07) is 2.66. The molecule has 0 aliphatic carbocycles. The average molecular weight is 222 g/mol. The van der Waals surface area contributed by atoms with E-state index in [0.29, 0.717) is 22.4 Å². The SMILES string of the molecule is COc1cc(OC)c2nc(O)nc(O)c2c1. The van der Waals surface area contributed by atoms with Gasteiger partial charge < -0.3 is 19.7 Å².